The molecule has 4 nitrogen and oxygen atoms in total. The molecule has 3 aromatic rings. The van der Waals surface area contributed by atoms with Crippen LogP contribution in [-0.2, 0) is 4.79 Å². The zero-order valence-corrected chi connectivity index (χ0v) is 14.3. The normalized spacial score (nSPS) is 14.4. The van der Waals surface area contributed by atoms with Crippen molar-refractivity contribution in [3.8, 4) is 0 Å². The summed E-state index contributed by atoms with van der Waals surface area (Å²) in [7, 11) is 0. The molecule has 1 aromatic heterocycles. The first-order valence-electron chi connectivity index (χ1n) is 8.60. The first-order valence-corrected chi connectivity index (χ1v) is 8.60. The molecule has 0 radical (unpaired) electrons. The Morgan fingerprint density at radius 1 is 1.08 bits per heavy atom. The van der Waals surface area contributed by atoms with E-state index in [2.05, 4.69) is 35.4 Å². The molecule has 4 rings (SSSR count). The summed E-state index contributed by atoms with van der Waals surface area (Å²) in [5.74, 6) is 0. The third-order valence-corrected chi connectivity index (χ3v) is 4.77. The summed E-state index contributed by atoms with van der Waals surface area (Å²) in [5.41, 5.74) is 6.68. The smallest absolute Gasteiger partial charge is 0.218 e. The van der Waals surface area contributed by atoms with Crippen molar-refractivity contribution >= 4 is 34.3 Å². The maximum atomic E-state index is 11.7. The number of carbonyl (C=O) groups is 1. The Morgan fingerprint density at radius 2 is 1.92 bits per heavy atom. The number of nitrogens with zero attached hydrogens (tertiary/aromatic N) is 1. The molecule has 2 N–H and O–H groups in total. The summed E-state index contributed by atoms with van der Waals surface area (Å²) < 4.78 is 0. The van der Waals surface area contributed by atoms with E-state index in [1.54, 1.807) is 4.90 Å². The van der Waals surface area contributed by atoms with Crippen LogP contribution in [0.1, 0.15) is 17.7 Å². The zero-order valence-electron chi connectivity index (χ0n) is 14.3. The van der Waals surface area contributed by atoms with Gasteiger partial charge in [0.1, 0.15) is 0 Å². The highest BCUT2D eigenvalue weighted by Gasteiger charge is 2.16. The van der Waals surface area contributed by atoms with Gasteiger partial charge in [-0.25, -0.2) is 0 Å². The zero-order chi connectivity index (χ0) is 17.2. The number of nitrogens with one attached hydrogen (secondary N) is 2. The molecule has 0 fully saturated rings. The van der Waals surface area contributed by atoms with Crippen molar-refractivity contribution in [2.75, 3.05) is 18.0 Å². The van der Waals surface area contributed by atoms with E-state index >= 15 is 0 Å². The molecule has 0 aliphatic carbocycles. The lowest BCUT2D eigenvalue weighted by Gasteiger charge is -2.18. The lowest BCUT2D eigenvalue weighted by atomic mass is 9.97. The molecule has 1 amide bonds. The fourth-order valence-electron chi connectivity index (χ4n) is 3.59. The van der Waals surface area contributed by atoms with E-state index in [1.165, 1.54) is 22.2 Å². The molecule has 0 saturated heterocycles. The topological polar surface area (TPSA) is 48.1 Å². The standard InChI is InChI=1S/C21H21N3O/c1-15-21(16-9-11-22-12-10-16)19-13-18(7-8-20(19)23-15)24(14-25)17-5-3-2-4-6-17/h2-9,13-14,22-23H,10-12H2,1H3. The predicted molar refractivity (Wildman–Crippen MR) is 103 cm³/mol. The average Bonchev–Trinajstić information content (AvgIpc) is 2.99. The van der Waals surface area contributed by atoms with Gasteiger partial charge in [0.2, 0.25) is 6.41 Å². The van der Waals surface area contributed by atoms with E-state index in [4.69, 9.17) is 0 Å². The van der Waals surface area contributed by atoms with Crippen molar-refractivity contribution in [3.05, 3.63) is 65.9 Å². The van der Waals surface area contributed by atoms with Gasteiger partial charge in [-0.3, -0.25) is 9.69 Å². The largest absolute Gasteiger partial charge is 0.358 e. The van der Waals surface area contributed by atoms with Crippen LogP contribution in [0.25, 0.3) is 16.5 Å². The van der Waals surface area contributed by atoms with Crippen LogP contribution >= 0.6 is 0 Å². The van der Waals surface area contributed by atoms with Crippen molar-refractivity contribution in [3.63, 3.8) is 0 Å². The lowest BCUT2D eigenvalue weighted by Crippen LogP contribution is -2.20. The average molecular weight is 331 g/mol. The molecule has 0 unspecified atom stereocenters. The SMILES string of the molecule is Cc1[nH]c2ccc(N(C=O)c3ccccc3)cc2c1C1=CCNCC1. The molecule has 0 saturated carbocycles. The number of benzene rings is 2. The van der Waals surface area contributed by atoms with Crippen LogP contribution in [0.15, 0.2) is 54.6 Å². The van der Waals surface area contributed by atoms with Crippen molar-refractivity contribution in [2.45, 2.75) is 13.3 Å². The number of H-pyrrole nitrogens is 1. The molecule has 25 heavy (non-hydrogen) atoms. The van der Waals surface area contributed by atoms with Crippen LogP contribution in [0, 0.1) is 6.92 Å². The van der Waals surface area contributed by atoms with E-state index in [9.17, 15) is 4.79 Å². The summed E-state index contributed by atoms with van der Waals surface area (Å²) in [6, 6.07) is 15.9. The van der Waals surface area contributed by atoms with Gasteiger partial charge in [0.15, 0.2) is 0 Å². The Bertz CT molecular complexity index is 940. The number of hydrogen-bond donors (Lipinski definition) is 2. The number of para-hydroxylation sites is 1. The number of aromatic nitrogens is 1. The summed E-state index contributed by atoms with van der Waals surface area (Å²) in [5, 5.41) is 4.54. The van der Waals surface area contributed by atoms with Crippen LogP contribution in [0.3, 0.4) is 0 Å². The third-order valence-electron chi connectivity index (χ3n) is 4.77. The molecule has 1 aliphatic rings. The van der Waals surface area contributed by atoms with Crippen molar-refractivity contribution < 1.29 is 4.79 Å². The third kappa shape index (κ3) is 2.85. The van der Waals surface area contributed by atoms with Crippen molar-refractivity contribution in [1.82, 2.24) is 10.3 Å². The van der Waals surface area contributed by atoms with E-state index in [-0.39, 0.29) is 0 Å². The van der Waals surface area contributed by atoms with Crippen LogP contribution < -0.4 is 10.2 Å². The van der Waals surface area contributed by atoms with Gasteiger partial charge in [-0.15, -0.1) is 0 Å². The van der Waals surface area contributed by atoms with E-state index in [0.717, 1.165) is 42.8 Å². The van der Waals surface area contributed by atoms with Gasteiger partial charge in [0.25, 0.3) is 0 Å². The minimum atomic E-state index is 0.867. The van der Waals surface area contributed by atoms with E-state index < -0.39 is 0 Å². The number of rotatable bonds is 4. The Kier molecular flexibility index (Phi) is 4.12. The quantitative estimate of drug-likeness (QED) is 0.706. The van der Waals surface area contributed by atoms with Gasteiger partial charge in [-0.1, -0.05) is 24.3 Å². The van der Waals surface area contributed by atoms with Gasteiger partial charge in [-0.2, -0.15) is 0 Å². The number of amides is 1. The fraction of sp³-hybridized carbons (Fsp3) is 0.190. The minimum absolute atomic E-state index is 0.867. The van der Waals surface area contributed by atoms with E-state index in [1.807, 2.05) is 36.4 Å². The van der Waals surface area contributed by atoms with Crippen LogP contribution in [0.2, 0.25) is 0 Å². The Hall–Kier alpha value is -2.85. The predicted octanol–water partition coefficient (Wildman–Crippen LogP) is 4.15. The van der Waals surface area contributed by atoms with Crippen molar-refractivity contribution in [1.29, 1.82) is 0 Å². The molecule has 2 aromatic carbocycles. The van der Waals surface area contributed by atoms with Gasteiger partial charge >= 0.3 is 0 Å². The monoisotopic (exact) mass is 331 g/mol. The maximum absolute atomic E-state index is 11.7. The highest BCUT2D eigenvalue weighted by molar-refractivity contribution is 5.98. The molecule has 0 atom stereocenters. The Morgan fingerprint density at radius 3 is 2.64 bits per heavy atom. The molecular formula is C21H21N3O. The maximum Gasteiger partial charge on any atom is 0.218 e. The molecular weight excluding hydrogens is 310 g/mol. The molecule has 2 heterocycles. The molecule has 1 aliphatic heterocycles. The van der Waals surface area contributed by atoms with Crippen molar-refractivity contribution in [2.24, 2.45) is 0 Å². The Labute approximate surface area is 147 Å². The number of anilines is 2. The summed E-state index contributed by atoms with van der Waals surface area (Å²) in [6.07, 6.45) is 4.16. The number of hydrogen-bond acceptors (Lipinski definition) is 2. The summed E-state index contributed by atoms with van der Waals surface area (Å²) >= 11 is 0. The number of carbonyl (C=O) groups excluding carboxylic acids is 1. The van der Waals surface area contributed by atoms with Crippen LogP contribution in [-0.4, -0.2) is 24.5 Å². The van der Waals surface area contributed by atoms with Crippen LogP contribution in [0.4, 0.5) is 11.4 Å². The van der Waals surface area contributed by atoms with Gasteiger partial charge in [0, 0.05) is 40.1 Å². The number of aryl methyl sites for hydroxylation is 1. The fourth-order valence-corrected chi connectivity index (χ4v) is 3.59. The van der Waals surface area contributed by atoms with Crippen LogP contribution in [0.5, 0.6) is 0 Å². The van der Waals surface area contributed by atoms with E-state index in [0.29, 0.717) is 0 Å². The number of aromatic amines is 1. The molecule has 0 bridgehead atoms. The second-order valence-electron chi connectivity index (χ2n) is 6.35. The minimum Gasteiger partial charge on any atom is -0.358 e. The molecule has 0 spiro atoms. The van der Waals surface area contributed by atoms with Gasteiger partial charge < -0.3 is 10.3 Å². The summed E-state index contributed by atoms with van der Waals surface area (Å²) in [6.45, 7) is 4.03. The number of fused-ring (bicyclic) bond motifs is 1. The second-order valence-corrected chi connectivity index (χ2v) is 6.35. The molecule has 126 valence electrons. The highest BCUT2D eigenvalue weighted by atomic mass is 16.1. The van der Waals surface area contributed by atoms with Gasteiger partial charge in [-0.05, 0) is 55.8 Å². The molecule has 4 heteroatoms. The lowest BCUT2D eigenvalue weighted by molar-refractivity contribution is -0.106. The second kappa shape index (κ2) is 6.57. The van der Waals surface area contributed by atoms with Gasteiger partial charge in [0.05, 0.1) is 0 Å². The first kappa shape index (κ1) is 15.7. The highest BCUT2D eigenvalue weighted by Crippen LogP contribution is 2.34. The summed E-state index contributed by atoms with van der Waals surface area (Å²) in [4.78, 5) is 16.9. The first-order chi connectivity index (χ1) is 12.3. The Balaban J connectivity index is 1.84.